The van der Waals surface area contributed by atoms with Crippen LogP contribution in [0.15, 0.2) is 254 Å². The molecule has 9 aromatic carbocycles. The number of hydrogen-bond donors (Lipinski definition) is 0. The van der Waals surface area contributed by atoms with Crippen LogP contribution in [0.4, 0.5) is 0 Å². The minimum Gasteiger partial charge on any atom is -0.208 e. The third kappa shape index (κ3) is 6.68. The van der Waals surface area contributed by atoms with Gasteiger partial charge in [-0.2, -0.15) is 0 Å². The zero-order chi connectivity index (χ0) is 50.6. The normalized spacial score (nSPS) is 19.2. The summed E-state index contributed by atoms with van der Waals surface area (Å²) in [4.78, 5) is 32.5. The standard InChI is InChI=1S/C71H46N6/c1-5-25-49-43(17-1)21-13-31-57(49)67-72-65(73-68(76-67)58-32-14-22-44-18-2-6-26-50(44)58)47-37-39-55-53-29-9-11-35-61(53)71(63(55)41-47)62-36-12-10-30-54(62)56-40-38-48(42-64(56)71)66-74-69(59-33-15-23-45-19-3-7-27-51(45)59)77-70(75-66)60-34-16-24-46-20-4-8-28-52(46)60/h1-23,25-42,46,54,62H,24H2. The van der Waals surface area contributed by atoms with E-state index in [9.17, 15) is 0 Å². The Bertz CT molecular complexity index is 4420. The molecule has 0 aliphatic heterocycles. The van der Waals surface area contributed by atoms with Gasteiger partial charge < -0.3 is 0 Å². The van der Waals surface area contributed by atoms with E-state index in [0.29, 0.717) is 34.9 Å². The zero-order valence-corrected chi connectivity index (χ0v) is 41.8. The second-order valence-corrected chi connectivity index (χ2v) is 20.8. The Morgan fingerprint density at radius 2 is 0.857 bits per heavy atom. The molecular formula is C71H46N6. The molecule has 6 heteroatoms. The van der Waals surface area contributed by atoms with Crippen molar-refractivity contribution in [2.75, 3.05) is 0 Å². The number of aromatic nitrogens is 6. The Morgan fingerprint density at radius 3 is 1.52 bits per heavy atom. The highest BCUT2D eigenvalue weighted by atomic mass is 15.0. The molecule has 77 heavy (non-hydrogen) atoms. The van der Waals surface area contributed by atoms with Crippen molar-refractivity contribution in [2.24, 2.45) is 11.8 Å². The lowest BCUT2D eigenvalue weighted by atomic mass is 9.65. The van der Waals surface area contributed by atoms with Crippen LogP contribution in [0.5, 0.6) is 0 Å². The topological polar surface area (TPSA) is 77.3 Å². The van der Waals surface area contributed by atoms with Crippen LogP contribution in [-0.2, 0) is 5.41 Å². The van der Waals surface area contributed by atoms with Crippen molar-refractivity contribution in [2.45, 2.75) is 17.8 Å². The van der Waals surface area contributed by atoms with Crippen molar-refractivity contribution in [3.05, 3.63) is 282 Å². The number of hydrogen-bond acceptors (Lipinski definition) is 6. The second kappa shape index (κ2) is 17.1. The molecule has 0 radical (unpaired) electrons. The highest BCUT2D eigenvalue weighted by Crippen LogP contribution is 2.66. The van der Waals surface area contributed by atoms with Crippen LogP contribution < -0.4 is 0 Å². The molecule has 1 spiro atoms. The average Bonchev–Trinajstić information content (AvgIpc) is 4.21. The second-order valence-electron chi connectivity index (χ2n) is 20.8. The van der Waals surface area contributed by atoms with E-state index in [1.807, 2.05) is 0 Å². The lowest BCUT2D eigenvalue weighted by Crippen LogP contribution is -2.33. The minimum atomic E-state index is -0.583. The molecule has 2 heterocycles. The molecule has 360 valence electrons. The van der Waals surface area contributed by atoms with Crippen LogP contribution in [-0.4, -0.2) is 29.9 Å². The number of nitrogens with zero attached hydrogens (tertiary/aromatic N) is 6. The number of fused-ring (bicyclic) bond motifs is 14. The lowest BCUT2D eigenvalue weighted by molar-refractivity contribution is 0.465. The van der Waals surface area contributed by atoms with E-state index in [2.05, 4.69) is 249 Å². The van der Waals surface area contributed by atoms with E-state index in [-0.39, 0.29) is 17.8 Å². The number of rotatable bonds is 6. The maximum Gasteiger partial charge on any atom is 0.164 e. The van der Waals surface area contributed by atoms with E-state index in [1.54, 1.807) is 0 Å². The molecule has 0 saturated carbocycles. The Labute approximate surface area is 445 Å². The van der Waals surface area contributed by atoms with E-state index < -0.39 is 5.41 Å². The third-order valence-corrected chi connectivity index (χ3v) is 16.8. The van der Waals surface area contributed by atoms with Crippen LogP contribution >= 0.6 is 0 Å². The van der Waals surface area contributed by atoms with Gasteiger partial charge in [0.15, 0.2) is 34.9 Å². The maximum absolute atomic E-state index is 5.46. The predicted molar refractivity (Wildman–Crippen MR) is 312 cm³/mol. The highest BCUT2D eigenvalue weighted by Gasteiger charge is 2.57. The van der Waals surface area contributed by atoms with Crippen molar-refractivity contribution < 1.29 is 0 Å². The third-order valence-electron chi connectivity index (χ3n) is 16.8. The van der Waals surface area contributed by atoms with Crippen molar-refractivity contribution in [1.29, 1.82) is 0 Å². The molecule has 16 rings (SSSR count). The fraction of sp³-hybridized carbons (Fsp3) is 0.0704. The Balaban J connectivity index is 0.922. The van der Waals surface area contributed by atoms with Gasteiger partial charge in [-0.3, -0.25) is 0 Å². The summed E-state index contributed by atoms with van der Waals surface area (Å²) >= 11 is 0. The van der Waals surface area contributed by atoms with Gasteiger partial charge in [-0.25, -0.2) is 29.9 Å². The fourth-order valence-electron chi connectivity index (χ4n) is 13.4. The van der Waals surface area contributed by atoms with Crippen molar-refractivity contribution >= 4 is 37.9 Å². The molecule has 0 N–H and O–H groups in total. The number of allylic oxidation sites excluding steroid dienone is 12. The molecule has 0 bridgehead atoms. The van der Waals surface area contributed by atoms with Gasteiger partial charge in [-0.05, 0) is 89.8 Å². The highest BCUT2D eigenvalue weighted by molar-refractivity contribution is 5.99. The zero-order valence-electron chi connectivity index (χ0n) is 41.8. The van der Waals surface area contributed by atoms with E-state index in [4.69, 9.17) is 29.9 Å². The smallest absolute Gasteiger partial charge is 0.164 e. The lowest BCUT2D eigenvalue weighted by Gasteiger charge is -2.36. The molecule has 5 aliphatic carbocycles. The molecule has 11 aromatic rings. The van der Waals surface area contributed by atoms with E-state index in [1.165, 1.54) is 39.0 Å². The SMILES string of the molecule is C1=CC2=C(c3nc(-c4ccc5c(c4)C4(c6ccccc6-c6ccc(-c7nc(-c8cccc9ccccc89)nc(-c8cccc9ccccc89)n7)cc64)C4C=CC=CC54)nc(-c4cccc5ccccc45)n3)C=CCC2C=C1. The van der Waals surface area contributed by atoms with Gasteiger partial charge in [0.1, 0.15) is 0 Å². The predicted octanol–water partition coefficient (Wildman–Crippen LogP) is 16.5. The average molecular weight is 983 g/mol. The van der Waals surface area contributed by atoms with Gasteiger partial charge in [-0.1, -0.05) is 237 Å². The molecule has 0 amide bonds. The molecule has 0 saturated heterocycles. The summed E-state index contributed by atoms with van der Waals surface area (Å²) in [5, 5.41) is 6.69. The van der Waals surface area contributed by atoms with Gasteiger partial charge in [0, 0.05) is 51.1 Å². The molecule has 5 aliphatic rings. The monoisotopic (exact) mass is 982 g/mol. The molecule has 4 atom stereocenters. The number of benzene rings is 9. The van der Waals surface area contributed by atoms with Crippen molar-refractivity contribution in [1.82, 2.24) is 29.9 Å². The first kappa shape index (κ1) is 43.6. The fourth-order valence-corrected chi connectivity index (χ4v) is 13.4. The van der Waals surface area contributed by atoms with Crippen LogP contribution in [0, 0.1) is 11.8 Å². The molecule has 2 aromatic heterocycles. The molecule has 6 nitrogen and oxygen atoms in total. The van der Waals surface area contributed by atoms with Gasteiger partial charge in [0.2, 0.25) is 0 Å². The first-order chi connectivity index (χ1) is 38.2. The Kier molecular flexibility index (Phi) is 9.70. The Morgan fingerprint density at radius 1 is 0.364 bits per heavy atom. The summed E-state index contributed by atoms with van der Waals surface area (Å²) in [5.41, 5.74) is 14.0. The van der Waals surface area contributed by atoms with Crippen LogP contribution in [0.1, 0.15) is 40.4 Å². The molecule has 4 unspecified atom stereocenters. The van der Waals surface area contributed by atoms with Gasteiger partial charge in [0.05, 0.1) is 5.41 Å². The minimum absolute atomic E-state index is 0.0776. The maximum atomic E-state index is 5.46. The molecule has 0 fully saturated rings. The Hall–Kier alpha value is -9.78. The van der Waals surface area contributed by atoms with Gasteiger partial charge >= 0.3 is 0 Å². The quantitative estimate of drug-likeness (QED) is 0.165. The summed E-state index contributed by atoms with van der Waals surface area (Å²) in [5.74, 6) is 4.34. The van der Waals surface area contributed by atoms with Crippen molar-refractivity contribution in [3.63, 3.8) is 0 Å². The van der Waals surface area contributed by atoms with Crippen LogP contribution in [0.2, 0.25) is 0 Å². The van der Waals surface area contributed by atoms with Crippen LogP contribution in [0.25, 0.3) is 106 Å². The summed E-state index contributed by atoms with van der Waals surface area (Å²) in [6.07, 6.45) is 23.5. The van der Waals surface area contributed by atoms with Crippen molar-refractivity contribution in [3.8, 4) is 68.1 Å². The van der Waals surface area contributed by atoms with E-state index in [0.717, 1.165) is 72.1 Å². The van der Waals surface area contributed by atoms with Gasteiger partial charge in [0.25, 0.3) is 0 Å². The summed E-state index contributed by atoms with van der Waals surface area (Å²) in [7, 11) is 0. The summed E-state index contributed by atoms with van der Waals surface area (Å²) < 4.78 is 0. The largest absolute Gasteiger partial charge is 0.208 e. The van der Waals surface area contributed by atoms with Crippen LogP contribution in [0.3, 0.4) is 0 Å². The van der Waals surface area contributed by atoms with E-state index >= 15 is 0 Å². The first-order valence-electron chi connectivity index (χ1n) is 26.6. The summed E-state index contributed by atoms with van der Waals surface area (Å²) in [6.45, 7) is 0. The summed E-state index contributed by atoms with van der Waals surface area (Å²) in [6, 6.07) is 67.5. The first-order valence-corrected chi connectivity index (χ1v) is 26.6. The molecular weight excluding hydrogens is 937 g/mol. The van der Waals surface area contributed by atoms with Gasteiger partial charge in [-0.15, -0.1) is 0 Å².